The van der Waals surface area contributed by atoms with Crippen LogP contribution < -0.4 is 16.8 Å². The van der Waals surface area contributed by atoms with Crippen LogP contribution in [-0.4, -0.2) is 37.0 Å². The normalized spacial score (nSPS) is 13.2. The smallest absolute Gasteiger partial charge is 0.316 e. The van der Waals surface area contributed by atoms with Crippen LogP contribution in [0.3, 0.4) is 0 Å². The molecule has 98 valence electrons. The van der Waals surface area contributed by atoms with E-state index in [0.717, 1.165) is 0 Å². The molecule has 1 unspecified atom stereocenters. The van der Waals surface area contributed by atoms with E-state index in [2.05, 4.69) is 11.9 Å². The molecule has 0 rings (SSSR count). The van der Waals surface area contributed by atoms with Crippen LogP contribution in [0.5, 0.6) is 0 Å². The fraction of sp³-hybridized carbons (Fsp3) is 0.545. The Labute approximate surface area is 101 Å². The number of amides is 2. The second kappa shape index (κ2) is 9.83. The van der Waals surface area contributed by atoms with Gasteiger partial charge in [-0.25, -0.2) is 4.79 Å². The van der Waals surface area contributed by atoms with Gasteiger partial charge in [0.15, 0.2) is 0 Å². The summed E-state index contributed by atoms with van der Waals surface area (Å²) >= 11 is 0. The van der Waals surface area contributed by atoms with Gasteiger partial charge < -0.3 is 26.6 Å². The fourth-order valence-electron chi connectivity index (χ4n) is 1.16. The van der Waals surface area contributed by atoms with E-state index in [1.165, 1.54) is 0 Å². The van der Waals surface area contributed by atoms with Crippen molar-refractivity contribution in [3.05, 3.63) is 24.4 Å². The second-order valence-corrected chi connectivity index (χ2v) is 3.47. The topological polar surface area (TPSA) is 111 Å². The lowest BCUT2D eigenvalue weighted by Gasteiger charge is -2.10. The number of aliphatic hydroxyl groups excluding tert-OH is 1. The first kappa shape index (κ1) is 15.6. The van der Waals surface area contributed by atoms with E-state index in [4.69, 9.17) is 16.2 Å². The molecule has 0 fully saturated rings. The summed E-state index contributed by atoms with van der Waals surface area (Å²) in [5, 5.41) is 12.0. The maximum Gasteiger partial charge on any atom is 0.316 e. The van der Waals surface area contributed by atoms with Crippen molar-refractivity contribution in [2.24, 2.45) is 11.5 Å². The van der Waals surface area contributed by atoms with Crippen LogP contribution in [-0.2, 0) is 4.74 Å². The first-order valence-electron chi connectivity index (χ1n) is 5.42. The number of primary amides is 1. The Bertz CT molecular complexity index is 267. The molecule has 0 aromatic rings. The van der Waals surface area contributed by atoms with Crippen molar-refractivity contribution in [2.75, 3.05) is 19.8 Å². The lowest BCUT2D eigenvalue weighted by molar-refractivity contribution is 0.0510. The zero-order valence-corrected chi connectivity index (χ0v) is 9.89. The molecule has 6 N–H and O–H groups in total. The molecule has 0 aliphatic heterocycles. The Hall–Kier alpha value is -1.37. The van der Waals surface area contributed by atoms with Gasteiger partial charge in [0.25, 0.3) is 0 Å². The standard InChI is InChI=1S/C11H21N3O3/c1-2-7-17-8-10(15)4-3-9(5-6-12)14-11(13)16/h2-3,10,15H,1,4-8,12H2,(H3,13,14,16). The Morgan fingerprint density at radius 3 is 2.82 bits per heavy atom. The minimum atomic E-state index is -0.637. The molecule has 0 saturated heterocycles. The number of rotatable bonds is 9. The van der Waals surface area contributed by atoms with Gasteiger partial charge in [0.2, 0.25) is 0 Å². The summed E-state index contributed by atoms with van der Waals surface area (Å²) in [6.45, 7) is 4.51. The predicted molar refractivity (Wildman–Crippen MR) is 66.1 cm³/mol. The molecular weight excluding hydrogens is 222 g/mol. The second-order valence-electron chi connectivity index (χ2n) is 3.47. The van der Waals surface area contributed by atoms with E-state index in [1.807, 2.05) is 0 Å². The quantitative estimate of drug-likeness (QED) is 0.333. The molecule has 0 aromatic heterocycles. The highest BCUT2D eigenvalue weighted by atomic mass is 16.5. The van der Waals surface area contributed by atoms with Gasteiger partial charge in [0.05, 0.1) is 19.3 Å². The largest absolute Gasteiger partial charge is 0.390 e. The average Bonchev–Trinajstić information content (AvgIpc) is 2.26. The lowest BCUT2D eigenvalue weighted by Crippen LogP contribution is -2.30. The summed E-state index contributed by atoms with van der Waals surface area (Å²) in [6, 6.07) is -0.637. The molecule has 0 radical (unpaired) electrons. The highest BCUT2D eigenvalue weighted by Gasteiger charge is 2.04. The van der Waals surface area contributed by atoms with Crippen LogP contribution in [0.15, 0.2) is 24.4 Å². The molecule has 0 spiro atoms. The van der Waals surface area contributed by atoms with Crippen molar-refractivity contribution in [3.8, 4) is 0 Å². The Balaban J connectivity index is 4.03. The maximum absolute atomic E-state index is 10.7. The maximum atomic E-state index is 10.7. The molecule has 0 heterocycles. The Morgan fingerprint density at radius 1 is 1.59 bits per heavy atom. The molecule has 6 heteroatoms. The third-order valence-corrected chi connectivity index (χ3v) is 1.88. The van der Waals surface area contributed by atoms with Gasteiger partial charge in [-0.3, -0.25) is 0 Å². The van der Waals surface area contributed by atoms with Gasteiger partial charge in [0.1, 0.15) is 0 Å². The number of urea groups is 1. The van der Waals surface area contributed by atoms with E-state index in [9.17, 15) is 9.90 Å². The molecule has 1 atom stereocenters. The van der Waals surface area contributed by atoms with Crippen molar-refractivity contribution in [1.82, 2.24) is 5.32 Å². The first-order valence-corrected chi connectivity index (χ1v) is 5.42. The van der Waals surface area contributed by atoms with Crippen LogP contribution in [0.4, 0.5) is 4.79 Å². The van der Waals surface area contributed by atoms with Gasteiger partial charge >= 0.3 is 6.03 Å². The number of hydrogen-bond acceptors (Lipinski definition) is 4. The van der Waals surface area contributed by atoms with E-state index in [0.29, 0.717) is 31.7 Å². The fourth-order valence-corrected chi connectivity index (χ4v) is 1.16. The number of nitrogens with two attached hydrogens (primary N) is 2. The summed E-state index contributed by atoms with van der Waals surface area (Å²) in [5.41, 5.74) is 11.0. The minimum absolute atomic E-state index is 0.217. The molecule has 0 bridgehead atoms. The summed E-state index contributed by atoms with van der Waals surface area (Å²) in [5.74, 6) is 0. The lowest BCUT2D eigenvalue weighted by atomic mass is 10.2. The Kier molecular flexibility index (Phi) is 9.04. The average molecular weight is 243 g/mol. The number of carbonyl (C=O) groups is 1. The monoisotopic (exact) mass is 243 g/mol. The Morgan fingerprint density at radius 2 is 2.29 bits per heavy atom. The summed E-state index contributed by atoms with van der Waals surface area (Å²) in [4.78, 5) is 10.7. The van der Waals surface area contributed by atoms with Crippen LogP contribution in [0, 0.1) is 0 Å². The number of nitrogens with one attached hydrogen (secondary N) is 1. The van der Waals surface area contributed by atoms with Crippen molar-refractivity contribution >= 4 is 6.03 Å². The minimum Gasteiger partial charge on any atom is -0.390 e. The third kappa shape index (κ3) is 9.55. The molecule has 0 saturated carbocycles. The molecule has 0 aliphatic rings. The zero-order valence-electron chi connectivity index (χ0n) is 9.89. The van der Waals surface area contributed by atoms with Crippen molar-refractivity contribution < 1.29 is 14.6 Å². The molecular formula is C11H21N3O3. The SMILES string of the molecule is C=CCOCC(O)CC=C(CCN)NC(N)=O. The van der Waals surface area contributed by atoms with Crippen LogP contribution in [0.2, 0.25) is 0 Å². The van der Waals surface area contributed by atoms with Crippen LogP contribution in [0.1, 0.15) is 12.8 Å². The van der Waals surface area contributed by atoms with E-state index < -0.39 is 12.1 Å². The number of carbonyl (C=O) groups excluding carboxylic acids is 1. The van der Waals surface area contributed by atoms with Crippen LogP contribution >= 0.6 is 0 Å². The van der Waals surface area contributed by atoms with Crippen molar-refractivity contribution in [3.63, 3.8) is 0 Å². The number of hydrogen-bond donors (Lipinski definition) is 4. The highest BCUT2D eigenvalue weighted by molar-refractivity contribution is 5.73. The van der Waals surface area contributed by atoms with Gasteiger partial charge in [0, 0.05) is 5.70 Å². The number of ether oxygens (including phenoxy) is 1. The molecule has 17 heavy (non-hydrogen) atoms. The first-order chi connectivity index (χ1) is 8.10. The van der Waals surface area contributed by atoms with E-state index >= 15 is 0 Å². The van der Waals surface area contributed by atoms with E-state index in [1.54, 1.807) is 12.2 Å². The summed E-state index contributed by atoms with van der Waals surface area (Å²) in [6.07, 6.45) is 3.55. The van der Waals surface area contributed by atoms with Crippen molar-refractivity contribution in [1.29, 1.82) is 0 Å². The third-order valence-electron chi connectivity index (χ3n) is 1.88. The van der Waals surface area contributed by atoms with E-state index in [-0.39, 0.29) is 6.61 Å². The van der Waals surface area contributed by atoms with Gasteiger partial charge in [-0.15, -0.1) is 6.58 Å². The molecule has 0 aliphatic carbocycles. The van der Waals surface area contributed by atoms with Gasteiger partial charge in [-0.2, -0.15) is 0 Å². The van der Waals surface area contributed by atoms with Gasteiger partial charge in [-0.05, 0) is 19.4 Å². The number of aliphatic hydroxyl groups is 1. The van der Waals surface area contributed by atoms with Crippen LogP contribution in [0.25, 0.3) is 0 Å². The van der Waals surface area contributed by atoms with Crippen molar-refractivity contribution in [2.45, 2.75) is 18.9 Å². The molecule has 2 amide bonds. The highest BCUT2D eigenvalue weighted by Crippen LogP contribution is 2.01. The molecule has 6 nitrogen and oxygen atoms in total. The summed E-state index contributed by atoms with van der Waals surface area (Å²) < 4.78 is 5.08. The zero-order chi connectivity index (χ0) is 13.1. The van der Waals surface area contributed by atoms with Gasteiger partial charge in [-0.1, -0.05) is 12.2 Å². The predicted octanol–water partition coefficient (Wildman–Crippen LogP) is -0.159. The molecule has 0 aromatic carbocycles. The summed E-state index contributed by atoms with van der Waals surface area (Å²) in [7, 11) is 0.